The van der Waals surface area contributed by atoms with Gasteiger partial charge in [-0.25, -0.2) is 4.39 Å². The quantitative estimate of drug-likeness (QED) is 0.832. The molecule has 0 saturated heterocycles. The number of rotatable bonds is 2. The number of halogens is 1. The van der Waals surface area contributed by atoms with Crippen LogP contribution in [0.25, 0.3) is 0 Å². The number of anilines is 1. The van der Waals surface area contributed by atoms with Gasteiger partial charge in [0.05, 0.1) is 12.2 Å². The number of benzene rings is 2. The molecule has 1 amide bonds. The summed E-state index contributed by atoms with van der Waals surface area (Å²) in [4.78, 5) is 12.2. The van der Waals surface area contributed by atoms with Crippen molar-refractivity contribution in [1.82, 2.24) is 0 Å². The first-order valence-electron chi connectivity index (χ1n) is 6.46. The third kappa shape index (κ3) is 3.91. The number of carbonyl (C=O) groups is 1. The number of nitrogens with one attached hydrogen (secondary N) is 1. The van der Waals surface area contributed by atoms with Crippen LogP contribution in [0.4, 0.5) is 10.1 Å². The molecule has 0 radical (unpaired) electrons. The van der Waals surface area contributed by atoms with E-state index in [1.54, 1.807) is 36.4 Å². The minimum atomic E-state index is -0.465. The summed E-state index contributed by atoms with van der Waals surface area (Å²) >= 11 is 0. The van der Waals surface area contributed by atoms with E-state index in [-0.39, 0.29) is 18.1 Å². The molecule has 0 unspecified atom stereocenters. The van der Waals surface area contributed by atoms with Crippen LogP contribution in [0.15, 0.2) is 42.5 Å². The number of hydrogen-bond donors (Lipinski definition) is 2. The van der Waals surface area contributed by atoms with Gasteiger partial charge < -0.3 is 11.1 Å². The highest BCUT2D eigenvalue weighted by molar-refractivity contribution is 6.04. The van der Waals surface area contributed by atoms with E-state index >= 15 is 0 Å². The molecule has 106 valence electrons. The molecule has 0 aliphatic carbocycles. The lowest BCUT2D eigenvalue weighted by atomic mass is 10.1. The summed E-state index contributed by atoms with van der Waals surface area (Å²) in [7, 11) is 0. The van der Waals surface area contributed by atoms with Crippen molar-refractivity contribution in [3.8, 4) is 11.8 Å². The van der Waals surface area contributed by atoms with Crippen molar-refractivity contribution >= 4 is 11.6 Å². The van der Waals surface area contributed by atoms with Crippen molar-refractivity contribution in [2.24, 2.45) is 5.73 Å². The fourth-order valence-corrected chi connectivity index (χ4v) is 1.82. The van der Waals surface area contributed by atoms with Crippen LogP contribution in [0.2, 0.25) is 0 Å². The van der Waals surface area contributed by atoms with Crippen LogP contribution in [0.3, 0.4) is 0 Å². The lowest BCUT2D eigenvalue weighted by Crippen LogP contribution is -2.13. The lowest BCUT2D eigenvalue weighted by Gasteiger charge is -2.07. The van der Waals surface area contributed by atoms with Crippen LogP contribution in [0, 0.1) is 24.6 Å². The minimum Gasteiger partial charge on any atom is -0.320 e. The van der Waals surface area contributed by atoms with Gasteiger partial charge in [-0.2, -0.15) is 0 Å². The Morgan fingerprint density at radius 3 is 2.86 bits per heavy atom. The maximum Gasteiger partial charge on any atom is 0.255 e. The number of carbonyl (C=O) groups excluding carboxylic acids is 1. The van der Waals surface area contributed by atoms with Crippen LogP contribution >= 0.6 is 0 Å². The molecule has 0 aliphatic heterocycles. The summed E-state index contributed by atoms with van der Waals surface area (Å²) in [6, 6.07) is 11.4. The van der Waals surface area contributed by atoms with Gasteiger partial charge in [0.1, 0.15) is 5.82 Å². The Balaban J connectivity index is 2.22. The van der Waals surface area contributed by atoms with Crippen molar-refractivity contribution < 1.29 is 9.18 Å². The van der Waals surface area contributed by atoms with Crippen LogP contribution in [-0.2, 0) is 0 Å². The van der Waals surface area contributed by atoms with Gasteiger partial charge in [-0.1, -0.05) is 24.0 Å². The molecule has 3 N–H and O–H groups in total. The highest BCUT2D eigenvalue weighted by atomic mass is 19.1. The summed E-state index contributed by atoms with van der Waals surface area (Å²) in [6.45, 7) is 2.09. The van der Waals surface area contributed by atoms with Gasteiger partial charge >= 0.3 is 0 Å². The Hall–Kier alpha value is -2.64. The number of aryl methyl sites for hydroxylation is 1. The van der Waals surface area contributed by atoms with Crippen molar-refractivity contribution in [1.29, 1.82) is 0 Å². The molecule has 0 spiro atoms. The smallest absolute Gasteiger partial charge is 0.255 e. The third-order valence-corrected chi connectivity index (χ3v) is 2.83. The summed E-state index contributed by atoms with van der Waals surface area (Å²) in [5, 5.41) is 2.56. The van der Waals surface area contributed by atoms with Gasteiger partial charge in [0, 0.05) is 11.1 Å². The average Bonchev–Trinajstić information content (AvgIpc) is 2.49. The van der Waals surface area contributed by atoms with Gasteiger partial charge in [-0.3, -0.25) is 4.79 Å². The lowest BCUT2D eigenvalue weighted by molar-refractivity contribution is 0.102. The predicted molar refractivity (Wildman–Crippen MR) is 81.5 cm³/mol. The molecular weight excluding hydrogens is 267 g/mol. The van der Waals surface area contributed by atoms with Crippen LogP contribution in [0.5, 0.6) is 0 Å². The maximum absolute atomic E-state index is 13.6. The second-order valence-electron chi connectivity index (χ2n) is 4.52. The highest BCUT2D eigenvalue weighted by Gasteiger charge is 2.09. The zero-order valence-electron chi connectivity index (χ0n) is 11.6. The SMILES string of the molecule is Cc1ccc(F)c(NC(=O)c2cccc(C#CCN)c2)c1. The second-order valence-corrected chi connectivity index (χ2v) is 4.52. The van der Waals surface area contributed by atoms with Crippen molar-refractivity contribution in [2.75, 3.05) is 11.9 Å². The summed E-state index contributed by atoms with van der Waals surface area (Å²) in [5.41, 5.74) is 7.46. The Kier molecular flexibility index (Phi) is 4.70. The molecular formula is C17H15FN2O. The largest absolute Gasteiger partial charge is 0.320 e. The highest BCUT2D eigenvalue weighted by Crippen LogP contribution is 2.17. The van der Waals surface area contributed by atoms with Crippen molar-refractivity contribution in [3.05, 3.63) is 65.0 Å². The van der Waals surface area contributed by atoms with Gasteiger partial charge in [0.15, 0.2) is 0 Å². The van der Waals surface area contributed by atoms with E-state index in [0.29, 0.717) is 11.1 Å². The fourth-order valence-electron chi connectivity index (χ4n) is 1.82. The Morgan fingerprint density at radius 1 is 1.29 bits per heavy atom. The van der Waals surface area contributed by atoms with Crippen LogP contribution < -0.4 is 11.1 Å². The first-order valence-corrected chi connectivity index (χ1v) is 6.46. The van der Waals surface area contributed by atoms with Gasteiger partial charge in [-0.15, -0.1) is 0 Å². The Morgan fingerprint density at radius 2 is 2.10 bits per heavy atom. The normalized spacial score (nSPS) is 9.67. The predicted octanol–water partition coefficient (Wildman–Crippen LogP) is 2.70. The van der Waals surface area contributed by atoms with Crippen LogP contribution in [0.1, 0.15) is 21.5 Å². The molecule has 0 aromatic heterocycles. The molecule has 2 rings (SSSR count). The Labute approximate surface area is 123 Å². The summed E-state index contributed by atoms with van der Waals surface area (Å²) in [5.74, 6) is 4.73. The molecule has 0 bridgehead atoms. The monoisotopic (exact) mass is 282 g/mol. The molecule has 2 aromatic rings. The number of hydrogen-bond acceptors (Lipinski definition) is 2. The molecule has 0 fully saturated rings. The maximum atomic E-state index is 13.6. The van der Waals surface area contributed by atoms with Gasteiger partial charge in [-0.05, 0) is 42.8 Å². The molecule has 4 heteroatoms. The third-order valence-electron chi connectivity index (χ3n) is 2.83. The van der Waals surface area contributed by atoms with Gasteiger partial charge in [0.2, 0.25) is 0 Å². The molecule has 0 saturated carbocycles. The van der Waals surface area contributed by atoms with Gasteiger partial charge in [0.25, 0.3) is 5.91 Å². The van der Waals surface area contributed by atoms with Crippen molar-refractivity contribution in [3.63, 3.8) is 0 Å². The number of amides is 1. The molecule has 2 aromatic carbocycles. The van der Waals surface area contributed by atoms with E-state index in [1.807, 2.05) is 6.92 Å². The molecule has 0 atom stereocenters. The second kappa shape index (κ2) is 6.69. The number of nitrogens with two attached hydrogens (primary N) is 1. The van der Waals surface area contributed by atoms with Crippen molar-refractivity contribution in [2.45, 2.75) is 6.92 Å². The van der Waals surface area contributed by atoms with E-state index in [4.69, 9.17) is 5.73 Å². The van der Waals surface area contributed by atoms with E-state index in [0.717, 1.165) is 5.56 Å². The standard InChI is InChI=1S/C17H15FN2O/c1-12-7-8-15(18)16(10-12)20-17(21)14-6-2-4-13(11-14)5-3-9-19/h2,4,6-8,10-11H,9,19H2,1H3,(H,20,21). The van der Waals surface area contributed by atoms with E-state index in [2.05, 4.69) is 17.2 Å². The fraction of sp³-hybridized carbons (Fsp3) is 0.118. The topological polar surface area (TPSA) is 55.1 Å². The van der Waals surface area contributed by atoms with Crippen LogP contribution in [-0.4, -0.2) is 12.5 Å². The average molecular weight is 282 g/mol. The van der Waals surface area contributed by atoms with E-state index < -0.39 is 5.82 Å². The summed E-state index contributed by atoms with van der Waals surface area (Å²) in [6.07, 6.45) is 0. The van der Waals surface area contributed by atoms with E-state index in [1.165, 1.54) is 6.07 Å². The minimum absolute atomic E-state index is 0.165. The zero-order valence-corrected chi connectivity index (χ0v) is 11.6. The Bertz CT molecular complexity index is 729. The van der Waals surface area contributed by atoms with E-state index in [9.17, 15) is 9.18 Å². The zero-order chi connectivity index (χ0) is 15.2. The summed E-state index contributed by atoms with van der Waals surface area (Å²) < 4.78 is 13.6. The molecule has 0 aliphatic rings. The molecule has 3 nitrogen and oxygen atoms in total. The first kappa shape index (κ1) is 14.8. The molecule has 0 heterocycles. The molecule has 21 heavy (non-hydrogen) atoms. The first-order chi connectivity index (χ1) is 10.1.